The number of carboxylic acids is 1. The summed E-state index contributed by atoms with van der Waals surface area (Å²) in [7, 11) is 2.03. The van der Waals surface area contributed by atoms with Crippen LogP contribution in [-0.4, -0.2) is 132 Å². The topological polar surface area (TPSA) is 205 Å². The molecule has 320 valence electrons. The van der Waals surface area contributed by atoms with Crippen LogP contribution in [-0.2, 0) is 48.0 Å². The van der Waals surface area contributed by atoms with Crippen LogP contribution in [0.1, 0.15) is 23.1 Å². The average Bonchev–Trinajstić information content (AvgIpc) is 3.62. The molecule has 2 aliphatic rings. The van der Waals surface area contributed by atoms with E-state index in [1.807, 2.05) is 96.9 Å². The molecule has 0 unspecified atom stereocenters. The summed E-state index contributed by atoms with van der Waals surface area (Å²) in [6.45, 7) is 3.16. The number of hydrogen-bond donors (Lipinski definition) is 7. The van der Waals surface area contributed by atoms with E-state index in [1.54, 1.807) is 6.20 Å². The van der Waals surface area contributed by atoms with Gasteiger partial charge in [0.25, 0.3) is 0 Å². The van der Waals surface area contributed by atoms with Crippen molar-refractivity contribution in [3.8, 4) is 0 Å². The molecule has 3 aromatic carbocycles. The van der Waals surface area contributed by atoms with E-state index in [4.69, 9.17) is 9.90 Å². The van der Waals surface area contributed by atoms with Crippen LogP contribution in [0, 0.1) is 0 Å². The van der Waals surface area contributed by atoms with Gasteiger partial charge in [0.1, 0.15) is 18.1 Å². The van der Waals surface area contributed by atoms with Gasteiger partial charge in [-0.2, -0.15) is 13.2 Å². The number of carbonyl (C=O) groups is 6. The van der Waals surface area contributed by atoms with Crippen LogP contribution >= 0.6 is 0 Å². The molecule has 0 radical (unpaired) electrons. The number of piperazine rings is 1. The number of aliphatic carboxylic acids is 1. The number of rotatable bonds is 9. The number of carboxylic acid groups (broad SMARTS) is 1. The van der Waals surface area contributed by atoms with Crippen LogP contribution in [0.2, 0.25) is 0 Å². The number of amides is 5. The Morgan fingerprint density at radius 2 is 1.32 bits per heavy atom. The number of aromatic amines is 1. The summed E-state index contributed by atoms with van der Waals surface area (Å²) in [6, 6.07) is 22.7. The monoisotopic (exact) mass is 834 g/mol. The van der Waals surface area contributed by atoms with E-state index in [0.29, 0.717) is 19.5 Å². The Labute approximate surface area is 344 Å². The first-order chi connectivity index (χ1) is 28.6. The molecule has 2 saturated heterocycles. The minimum absolute atomic E-state index is 0.0289. The largest absolute Gasteiger partial charge is 0.490 e. The summed E-state index contributed by atoms with van der Waals surface area (Å²) in [5.41, 5.74) is 3.45. The molecule has 15 nitrogen and oxygen atoms in total. The average molecular weight is 835 g/mol. The zero-order valence-corrected chi connectivity index (χ0v) is 33.0. The lowest BCUT2D eigenvalue weighted by Crippen LogP contribution is -2.59. The Morgan fingerprint density at radius 1 is 0.750 bits per heavy atom. The van der Waals surface area contributed by atoms with Gasteiger partial charge >= 0.3 is 12.1 Å². The molecular formula is C42H49F3N8O7. The highest BCUT2D eigenvalue weighted by Gasteiger charge is 2.38. The SMILES string of the molecule is CN1CCN(CC(=O)N[C@@H]2CC(=O)N[C@@H](Cc3c[nH]c4ccccc34)C(=O)N[C@@H](Cc3ccccc3)C(=O)N[C@H](Cc3ccccc3)CNC2=O)CC1.O=C(O)C(F)(F)F. The van der Waals surface area contributed by atoms with Gasteiger partial charge in [-0.25, -0.2) is 4.79 Å². The summed E-state index contributed by atoms with van der Waals surface area (Å²) in [5, 5.41) is 22.5. The van der Waals surface area contributed by atoms with Gasteiger partial charge in [-0.1, -0.05) is 78.9 Å². The quantitative estimate of drug-likeness (QED) is 0.131. The van der Waals surface area contributed by atoms with E-state index in [0.717, 1.165) is 40.7 Å². The highest BCUT2D eigenvalue weighted by atomic mass is 19.4. The van der Waals surface area contributed by atoms with Crippen LogP contribution in [0.15, 0.2) is 91.1 Å². The molecule has 4 atom stereocenters. The van der Waals surface area contributed by atoms with E-state index in [-0.39, 0.29) is 38.3 Å². The number of para-hydroxylation sites is 1. The third kappa shape index (κ3) is 13.7. The number of halogens is 3. The van der Waals surface area contributed by atoms with Crippen molar-refractivity contribution in [3.63, 3.8) is 0 Å². The summed E-state index contributed by atoms with van der Waals surface area (Å²) < 4.78 is 31.7. The van der Waals surface area contributed by atoms with E-state index < -0.39 is 59.9 Å². The standard InChI is InChI=1S/C40H48N8O5.C2HF3O2/c1-47-16-18-48(19-17-47)26-37(50)45-35-23-36(49)44-34(22-29-24-41-32-15-9-8-14-31(29)32)40(53)46-33(21-28-12-6-3-7-13-28)39(52)43-30(25-42-38(35)51)20-27-10-4-2-5-11-27;3-2(4,5)1(6)7/h2-15,24,30,33-35,41H,16-23,25-26H2,1H3,(H,42,51)(H,43,52)(H,44,49)(H,45,50)(H,46,53);(H,6,7)/t30-,33+,34+,35-;/m1./s1. The van der Waals surface area contributed by atoms with E-state index in [2.05, 4.69) is 36.5 Å². The molecule has 60 heavy (non-hydrogen) atoms. The van der Waals surface area contributed by atoms with Gasteiger partial charge in [0.05, 0.1) is 19.0 Å². The summed E-state index contributed by atoms with van der Waals surface area (Å²) in [5.74, 6) is -5.26. The normalized spacial score (nSPS) is 21.3. The van der Waals surface area contributed by atoms with Crippen LogP contribution in [0.3, 0.4) is 0 Å². The number of nitrogens with one attached hydrogen (secondary N) is 6. The molecule has 18 heteroatoms. The lowest BCUT2D eigenvalue weighted by Gasteiger charge is -2.32. The molecule has 0 bridgehead atoms. The molecule has 3 heterocycles. The van der Waals surface area contributed by atoms with Gasteiger partial charge in [-0.3, -0.25) is 28.9 Å². The Bertz CT molecular complexity index is 2090. The first kappa shape index (κ1) is 44.8. The second-order valence-corrected chi connectivity index (χ2v) is 14.8. The zero-order chi connectivity index (χ0) is 43.2. The number of hydrogen-bond acceptors (Lipinski definition) is 8. The fraction of sp³-hybridized carbons (Fsp3) is 0.381. The second kappa shape index (κ2) is 21.1. The minimum Gasteiger partial charge on any atom is -0.475 e. The lowest BCUT2D eigenvalue weighted by atomic mass is 10.0. The number of nitrogens with zero attached hydrogens (tertiary/aromatic N) is 2. The van der Waals surface area contributed by atoms with Crippen molar-refractivity contribution in [2.75, 3.05) is 46.3 Å². The van der Waals surface area contributed by atoms with Gasteiger partial charge in [0.15, 0.2) is 0 Å². The number of carbonyl (C=O) groups excluding carboxylic acids is 5. The number of H-pyrrole nitrogens is 1. The van der Waals surface area contributed by atoms with Gasteiger partial charge in [0.2, 0.25) is 29.5 Å². The maximum Gasteiger partial charge on any atom is 0.490 e. The molecule has 1 aromatic heterocycles. The third-order valence-corrected chi connectivity index (χ3v) is 10.1. The van der Waals surface area contributed by atoms with E-state index in [9.17, 15) is 37.1 Å². The first-order valence-electron chi connectivity index (χ1n) is 19.5. The summed E-state index contributed by atoms with van der Waals surface area (Å²) in [4.78, 5) is 85.5. The molecule has 4 aromatic rings. The predicted molar refractivity (Wildman–Crippen MR) is 215 cm³/mol. The highest BCUT2D eigenvalue weighted by molar-refractivity contribution is 5.96. The van der Waals surface area contributed by atoms with Crippen molar-refractivity contribution in [2.45, 2.75) is 56.0 Å². The fourth-order valence-corrected chi connectivity index (χ4v) is 6.88. The van der Waals surface area contributed by atoms with Crippen molar-refractivity contribution in [1.82, 2.24) is 41.4 Å². The van der Waals surface area contributed by atoms with Gasteiger partial charge < -0.3 is 41.6 Å². The number of aromatic nitrogens is 1. The summed E-state index contributed by atoms with van der Waals surface area (Å²) >= 11 is 0. The maximum absolute atomic E-state index is 14.2. The van der Waals surface area contributed by atoms with Crippen molar-refractivity contribution in [2.24, 2.45) is 0 Å². The van der Waals surface area contributed by atoms with Crippen LogP contribution in [0.5, 0.6) is 0 Å². The Hall–Kier alpha value is -6.27. The molecule has 6 rings (SSSR count). The molecule has 7 N–H and O–H groups in total. The lowest BCUT2D eigenvalue weighted by molar-refractivity contribution is -0.192. The van der Waals surface area contributed by atoms with Crippen molar-refractivity contribution >= 4 is 46.4 Å². The minimum atomic E-state index is -5.08. The molecular weight excluding hydrogens is 786 g/mol. The second-order valence-electron chi connectivity index (χ2n) is 14.8. The predicted octanol–water partition coefficient (Wildman–Crippen LogP) is 1.54. The number of alkyl halides is 3. The first-order valence-corrected chi connectivity index (χ1v) is 19.5. The Morgan fingerprint density at radius 3 is 1.95 bits per heavy atom. The zero-order valence-electron chi connectivity index (χ0n) is 33.0. The van der Waals surface area contributed by atoms with Gasteiger partial charge in [0, 0.05) is 62.7 Å². The highest BCUT2D eigenvalue weighted by Crippen LogP contribution is 2.20. The smallest absolute Gasteiger partial charge is 0.475 e. The number of fused-ring (bicyclic) bond motifs is 1. The van der Waals surface area contributed by atoms with Crippen molar-refractivity contribution < 1.29 is 47.0 Å². The van der Waals surface area contributed by atoms with Crippen LogP contribution < -0.4 is 26.6 Å². The Kier molecular flexibility index (Phi) is 15.8. The molecule has 0 saturated carbocycles. The fourth-order valence-electron chi connectivity index (χ4n) is 6.88. The molecule has 0 spiro atoms. The third-order valence-electron chi connectivity index (χ3n) is 10.1. The molecule has 2 fully saturated rings. The van der Waals surface area contributed by atoms with E-state index in [1.165, 1.54) is 0 Å². The maximum atomic E-state index is 14.2. The number of likely N-dealkylation sites (N-methyl/N-ethyl adjacent to an activating group) is 1. The van der Waals surface area contributed by atoms with Crippen LogP contribution in [0.25, 0.3) is 10.9 Å². The van der Waals surface area contributed by atoms with E-state index >= 15 is 0 Å². The van der Waals surface area contributed by atoms with Gasteiger partial charge in [-0.05, 0) is 36.2 Å². The van der Waals surface area contributed by atoms with Gasteiger partial charge in [-0.15, -0.1) is 0 Å². The molecule has 5 amide bonds. The van der Waals surface area contributed by atoms with Crippen molar-refractivity contribution in [1.29, 1.82) is 0 Å². The summed E-state index contributed by atoms with van der Waals surface area (Å²) in [6.07, 6.45) is -2.96. The molecule has 0 aliphatic carbocycles. The number of benzene rings is 3. The Balaban J connectivity index is 0.000000896. The molecule has 2 aliphatic heterocycles. The van der Waals surface area contributed by atoms with Crippen LogP contribution in [0.4, 0.5) is 13.2 Å². The van der Waals surface area contributed by atoms with Crippen molar-refractivity contribution in [3.05, 3.63) is 108 Å².